The Labute approximate surface area is 165 Å². The van der Waals surface area contributed by atoms with Gasteiger partial charge in [-0.15, -0.1) is 0 Å². The number of aryl methyl sites for hydroxylation is 3. The van der Waals surface area contributed by atoms with Gasteiger partial charge < -0.3 is 0 Å². The number of hydrogen-bond donors (Lipinski definition) is 0. The molecule has 0 aliphatic heterocycles. The van der Waals surface area contributed by atoms with Crippen molar-refractivity contribution in [2.75, 3.05) is 0 Å². The van der Waals surface area contributed by atoms with Crippen LogP contribution < -0.4 is 4.57 Å². The molecule has 0 unspecified atom stereocenters. The normalized spacial score (nSPS) is 11.5. The summed E-state index contributed by atoms with van der Waals surface area (Å²) < 4.78 is 2.29. The molecule has 1 nitrogen and oxygen atoms in total. The molecule has 0 N–H and O–H groups in total. The third-order valence-corrected chi connectivity index (χ3v) is 6.24. The van der Waals surface area contributed by atoms with Crippen LogP contribution in [0, 0.1) is 6.92 Å². The molecule has 1 heterocycles. The van der Waals surface area contributed by atoms with Crippen molar-refractivity contribution in [2.24, 2.45) is 7.05 Å². The predicted octanol–water partition coefficient (Wildman–Crippen LogP) is 6.67. The van der Waals surface area contributed by atoms with Crippen LogP contribution in [0.5, 0.6) is 0 Å². The zero-order valence-corrected chi connectivity index (χ0v) is 17.9. The molecule has 0 aliphatic rings. The Balaban J connectivity index is 2.27. The van der Waals surface area contributed by atoms with Crippen molar-refractivity contribution in [3.63, 3.8) is 0 Å². The van der Waals surface area contributed by atoms with Crippen molar-refractivity contribution >= 4 is 10.8 Å². The Hall–Kier alpha value is -2.15. The number of benzene rings is 2. The van der Waals surface area contributed by atoms with E-state index in [1.54, 1.807) is 0 Å². The number of fused-ring (bicyclic) bond motifs is 1. The predicted molar refractivity (Wildman–Crippen MR) is 117 cm³/mol. The third-order valence-electron chi connectivity index (χ3n) is 6.24. The molecule has 27 heavy (non-hydrogen) atoms. The Kier molecular flexibility index (Phi) is 5.99. The lowest BCUT2D eigenvalue weighted by atomic mass is 9.89. The number of aromatic nitrogens is 1. The molecule has 1 aromatic heterocycles. The van der Waals surface area contributed by atoms with E-state index in [-0.39, 0.29) is 0 Å². The van der Waals surface area contributed by atoms with Gasteiger partial charge in [-0.1, -0.05) is 45.9 Å². The quantitative estimate of drug-likeness (QED) is 0.432. The van der Waals surface area contributed by atoms with Gasteiger partial charge in [0.1, 0.15) is 7.05 Å². The molecule has 1 heteroatoms. The van der Waals surface area contributed by atoms with Crippen LogP contribution in [0.2, 0.25) is 0 Å². The molecule has 0 fully saturated rings. The second-order valence-corrected chi connectivity index (χ2v) is 7.77. The fourth-order valence-corrected chi connectivity index (χ4v) is 4.40. The fraction of sp³-hybridized carbons (Fsp3) is 0.423. The highest BCUT2D eigenvalue weighted by Crippen LogP contribution is 2.33. The summed E-state index contributed by atoms with van der Waals surface area (Å²) in [7, 11) is 2.17. The maximum atomic E-state index is 2.41. The Morgan fingerprint density at radius 2 is 1.63 bits per heavy atom. The molecule has 0 spiro atoms. The average molecular weight is 361 g/mol. The zero-order valence-electron chi connectivity index (χ0n) is 17.9. The van der Waals surface area contributed by atoms with Crippen LogP contribution in [-0.4, -0.2) is 0 Å². The van der Waals surface area contributed by atoms with E-state index in [2.05, 4.69) is 88.8 Å². The molecule has 0 aliphatic carbocycles. The van der Waals surface area contributed by atoms with Crippen LogP contribution in [0.15, 0.2) is 42.6 Å². The maximum absolute atomic E-state index is 2.41. The van der Waals surface area contributed by atoms with Crippen molar-refractivity contribution in [3.05, 3.63) is 64.8 Å². The summed E-state index contributed by atoms with van der Waals surface area (Å²) in [5.74, 6) is 0.656. The second-order valence-electron chi connectivity index (χ2n) is 7.77. The Bertz CT molecular complexity index is 948. The molecular formula is C26H34N+. The SMILES string of the molecule is CCc1cc(CC)c(C)c(-c2c3ccc(C(CC)CC)cc3cc[n+]2C)c1. The van der Waals surface area contributed by atoms with Gasteiger partial charge in [-0.25, -0.2) is 4.57 Å². The van der Waals surface area contributed by atoms with E-state index >= 15 is 0 Å². The highest BCUT2D eigenvalue weighted by atomic mass is 14.9. The number of nitrogens with zero attached hydrogens (tertiary/aromatic N) is 1. The van der Waals surface area contributed by atoms with Gasteiger partial charge in [0.2, 0.25) is 5.69 Å². The lowest BCUT2D eigenvalue weighted by Gasteiger charge is -2.16. The molecule has 142 valence electrons. The largest absolute Gasteiger partial charge is 0.220 e. The Morgan fingerprint density at radius 3 is 2.26 bits per heavy atom. The first-order valence-corrected chi connectivity index (χ1v) is 10.6. The lowest BCUT2D eigenvalue weighted by molar-refractivity contribution is -0.659. The van der Waals surface area contributed by atoms with Crippen molar-refractivity contribution in [3.8, 4) is 11.3 Å². The van der Waals surface area contributed by atoms with Gasteiger partial charge in [0, 0.05) is 6.07 Å². The number of rotatable bonds is 6. The van der Waals surface area contributed by atoms with E-state index in [0.29, 0.717) is 5.92 Å². The summed E-state index contributed by atoms with van der Waals surface area (Å²) in [6, 6.07) is 14.2. The number of hydrogen-bond acceptors (Lipinski definition) is 0. The summed E-state index contributed by atoms with van der Waals surface area (Å²) in [5, 5.41) is 2.71. The van der Waals surface area contributed by atoms with E-state index in [1.165, 1.54) is 57.1 Å². The molecule has 0 amide bonds. The van der Waals surface area contributed by atoms with Crippen molar-refractivity contribution in [1.82, 2.24) is 0 Å². The minimum absolute atomic E-state index is 0.656. The van der Waals surface area contributed by atoms with Gasteiger partial charge in [-0.05, 0) is 78.3 Å². The molecular weight excluding hydrogens is 326 g/mol. The molecule has 2 aromatic carbocycles. The van der Waals surface area contributed by atoms with E-state index < -0.39 is 0 Å². The van der Waals surface area contributed by atoms with E-state index in [1.807, 2.05) is 0 Å². The van der Waals surface area contributed by atoms with E-state index in [0.717, 1.165) is 12.8 Å². The summed E-state index contributed by atoms with van der Waals surface area (Å²) in [6.07, 6.45) is 6.78. The van der Waals surface area contributed by atoms with Gasteiger partial charge in [-0.2, -0.15) is 0 Å². The molecule has 0 bridgehead atoms. The molecule has 0 radical (unpaired) electrons. The van der Waals surface area contributed by atoms with Crippen molar-refractivity contribution in [2.45, 2.75) is 66.2 Å². The highest BCUT2D eigenvalue weighted by Gasteiger charge is 2.20. The first kappa shape index (κ1) is 19.6. The third kappa shape index (κ3) is 3.65. The lowest BCUT2D eigenvalue weighted by Crippen LogP contribution is -2.31. The van der Waals surface area contributed by atoms with Crippen molar-refractivity contribution in [1.29, 1.82) is 0 Å². The summed E-state index contributed by atoms with van der Waals surface area (Å²) >= 11 is 0. The monoisotopic (exact) mass is 360 g/mol. The number of pyridine rings is 1. The van der Waals surface area contributed by atoms with Crippen molar-refractivity contribution < 1.29 is 4.57 Å². The molecule has 0 saturated heterocycles. The second kappa shape index (κ2) is 8.25. The minimum Gasteiger partial charge on any atom is -0.200 e. The summed E-state index contributed by atoms with van der Waals surface area (Å²) in [5.41, 5.74) is 8.51. The van der Waals surface area contributed by atoms with E-state index in [4.69, 9.17) is 0 Å². The van der Waals surface area contributed by atoms with E-state index in [9.17, 15) is 0 Å². The summed E-state index contributed by atoms with van der Waals surface area (Å²) in [6.45, 7) is 11.4. The van der Waals surface area contributed by atoms with Gasteiger partial charge in [0.25, 0.3) is 0 Å². The molecule has 3 rings (SSSR count). The van der Waals surface area contributed by atoms with Gasteiger partial charge in [0.05, 0.1) is 10.9 Å². The maximum Gasteiger partial charge on any atom is 0.220 e. The smallest absolute Gasteiger partial charge is 0.200 e. The molecule has 3 aromatic rings. The topological polar surface area (TPSA) is 3.88 Å². The summed E-state index contributed by atoms with van der Waals surface area (Å²) in [4.78, 5) is 0. The van der Waals surface area contributed by atoms with Gasteiger partial charge >= 0.3 is 0 Å². The molecule has 0 atom stereocenters. The van der Waals surface area contributed by atoms with Crippen LogP contribution in [0.25, 0.3) is 22.0 Å². The minimum atomic E-state index is 0.656. The molecule has 0 saturated carbocycles. The standard InChI is InChI=1S/C26H34N/c1-7-19-15-21(10-4)18(5)25(16-19)26-24-12-11-22(20(8-2)9-3)17-23(24)13-14-27(26)6/h11-17,20H,7-10H2,1-6H3/q+1. The van der Waals surface area contributed by atoms with Crippen LogP contribution in [0.4, 0.5) is 0 Å². The first-order chi connectivity index (χ1) is 13.0. The van der Waals surface area contributed by atoms with Crippen LogP contribution in [0.1, 0.15) is 68.7 Å². The van der Waals surface area contributed by atoms with Crippen LogP contribution in [0.3, 0.4) is 0 Å². The highest BCUT2D eigenvalue weighted by molar-refractivity contribution is 5.94. The average Bonchev–Trinajstić information content (AvgIpc) is 2.69. The van der Waals surface area contributed by atoms with Crippen LogP contribution in [-0.2, 0) is 19.9 Å². The van der Waals surface area contributed by atoms with Gasteiger partial charge in [0.15, 0.2) is 6.20 Å². The Morgan fingerprint density at radius 1 is 0.889 bits per heavy atom. The first-order valence-electron chi connectivity index (χ1n) is 10.6. The fourth-order valence-electron chi connectivity index (χ4n) is 4.40. The zero-order chi connectivity index (χ0) is 19.6. The van der Waals surface area contributed by atoms with Crippen LogP contribution >= 0.6 is 0 Å². The van der Waals surface area contributed by atoms with Gasteiger partial charge in [-0.3, -0.25) is 0 Å².